The number of carbonyl (C=O) groups excluding carboxylic acids is 1. The Hall–Kier alpha value is -1.71. The number of esters is 1. The maximum absolute atomic E-state index is 11.9. The summed E-state index contributed by atoms with van der Waals surface area (Å²) in [5, 5.41) is 0.767. The van der Waals surface area contributed by atoms with Gasteiger partial charge in [0.25, 0.3) is 0 Å². The second kappa shape index (κ2) is 5.95. The van der Waals surface area contributed by atoms with Crippen molar-refractivity contribution >= 4 is 29.2 Å². The molecule has 0 saturated heterocycles. The molecule has 0 aromatic heterocycles. The fourth-order valence-corrected chi connectivity index (χ4v) is 2.01. The SMILES string of the molecule is COc1ccc(OC(=O)c2cc(Cl)cc(Cl)c2)cc1. The topological polar surface area (TPSA) is 35.5 Å². The molecule has 0 aliphatic heterocycles. The Balaban J connectivity index is 2.15. The summed E-state index contributed by atoms with van der Waals surface area (Å²) in [6, 6.07) is 11.2. The Morgan fingerprint density at radius 3 is 2.00 bits per heavy atom. The largest absolute Gasteiger partial charge is 0.497 e. The Kier molecular flexibility index (Phi) is 4.30. The monoisotopic (exact) mass is 296 g/mol. The van der Waals surface area contributed by atoms with Crippen LogP contribution < -0.4 is 9.47 Å². The van der Waals surface area contributed by atoms with Crippen LogP contribution in [0, 0.1) is 0 Å². The van der Waals surface area contributed by atoms with Crippen molar-refractivity contribution < 1.29 is 14.3 Å². The fourth-order valence-electron chi connectivity index (χ4n) is 1.48. The summed E-state index contributed by atoms with van der Waals surface area (Å²) in [7, 11) is 1.56. The zero-order valence-corrected chi connectivity index (χ0v) is 11.5. The molecule has 0 atom stereocenters. The molecule has 3 nitrogen and oxygen atoms in total. The zero-order chi connectivity index (χ0) is 13.8. The molecule has 0 aliphatic rings. The van der Waals surface area contributed by atoms with Crippen LogP contribution in [-0.2, 0) is 0 Å². The summed E-state index contributed by atoms with van der Waals surface area (Å²) in [6.07, 6.45) is 0. The number of halogens is 2. The quantitative estimate of drug-likeness (QED) is 0.628. The predicted octanol–water partition coefficient (Wildman–Crippen LogP) is 4.22. The maximum atomic E-state index is 11.9. The number of hydrogen-bond donors (Lipinski definition) is 0. The van der Waals surface area contributed by atoms with E-state index in [4.69, 9.17) is 32.7 Å². The molecule has 2 aromatic rings. The van der Waals surface area contributed by atoms with Gasteiger partial charge in [0, 0.05) is 10.0 Å². The molecule has 0 unspecified atom stereocenters. The summed E-state index contributed by atoms with van der Waals surface area (Å²) < 4.78 is 10.2. The van der Waals surface area contributed by atoms with Gasteiger partial charge in [-0.15, -0.1) is 0 Å². The summed E-state index contributed by atoms with van der Waals surface area (Å²) >= 11 is 11.7. The van der Waals surface area contributed by atoms with Crippen molar-refractivity contribution in [2.24, 2.45) is 0 Å². The Morgan fingerprint density at radius 1 is 0.947 bits per heavy atom. The van der Waals surface area contributed by atoms with E-state index in [-0.39, 0.29) is 0 Å². The highest BCUT2D eigenvalue weighted by molar-refractivity contribution is 6.35. The van der Waals surface area contributed by atoms with Crippen LogP contribution in [0.5, 0.6) is 11.5 Å². The lowest BCUT2D eigenvalue weighted by atomic mass is 10.2. The number of ether oxygens (including phenoxy) is 2. The molecule has 0 radical (unpaired) electrons. The third kappa shape index (κ3) is 3.63. The molecule has 98 valence electrons. The number of rotatable bonds is 3. The first kappa shape index (κ1) is 13.7. The van der Waals surface area contributed by atoms with Crippen LogP contribution in [0.15, 0.2) is 42.5 Å². The molecule has 0 saturated carbocycles. The van der Waals surface area contributed by atoms with Gasteiger partial charge in [-0.2, -0.15) is 0 Å². The lowest BCUT2D eigenvalue weighted by Gasteiger charge is -2.06. The molecule has 2 aromatic carbocycles. The Morgan fingerprint density at radius 2 is 1.47 bits per heavy atom. The highest BCUT2D eigenvalue weighted by Crippen LogP contribution is 2.22. The van der Waals surface area contributed by atoms with Gasteiger partial charge in [0.15, 0.2) is 0 Å². The molecule has 0 bridgehead atoms. The standard InChI is InChI=1S/C14H10Cl2O3/c1-18-12-2-4-13(5-3-12)19-14(17)9-6-10(15)8-11(16)7-9/h2-8H,1H3. The molecule has 2 rings (SSSR count). The van der Waals surface area contributed by atoms with Crippen LogP contribution in [0.4, 0.5) is 0 Å². The fraction of sp³-hybridized carbons (Fsp3) is 0.0714. The van der Waals surface area contributed by atoms with Gasteiger partial charge in [0.1, 0.15) is 11.5 Å². The summed E-state index contributed by atoms with van der Waals surface area (Å²) in [6.45, 7) is 0. The molecule has 0 spiro atoms. The summed E-state index contributed by atoms with van der Waals surface area (Å²) in [5.74, 6) is 0.585. The highest BCUT2D eigenvalue weighted by atomic mass is 35.5. The van der Waals surface area contributed by atoms with Crippen molar-refractivity contribution in [1.82, 2.24) is 0 Å². The summed E-state index contributed by atoms with van der Waals surface area (Å²) in [5.41, 5.74) is 0.299. The van der Waals surface area contributed by atoms with Crippen LogP contribution in [0.2, 0.25) is 10.0 Å². The molecule has 5 heteroatoms. The lowest BCUT2D eigenvalue weighted by Crippen LogP contribution is -2.08. The van der Waals surface area contributed by atoms with E-state index in [9.17, 15) is 4.79 Å². The van der Waals surface area contributed by atoms with Crippen molar-refractivity contribution in [2.75, 3.05) is 7.11 Å². The minimum atomic E-state index is -0.519. The zero-order valence-electron chi connectivity index (χ0n) is 10.0. The van der Waals surface area contributed by atoms with E-state index in [0.717, 1.165) is 0 Å². The second-order valence-corrected chi connectivity index (χ2v) is 4.60. The number of carbonyl (C=O) groups is 1. The minimum Gasteiger partial charge on any atom is -0.497 e. The Labute approximate surface area is 120 Å². The van der Waals surface area contributed by atoms with E-state index < -0.39 is 5.97 Å². The first-order chi connectivity index (χ1) is 9.08. The summed E-state index contributed by atoms with van der Waals surface area (Å²) in [4.78, 5) is 11.9. The van der Waals surface area contributed by atoms with Gasteiger partial charge in [-0.1, -0.05) is 23.2 Å². The maximum Gasteiger partial charge on any atom is 0.343 e. The van der Waals surface area contributed by atoms with Gasteiger partial charge < -0.3 is 9.47 Å². The predicted molar refractivity (Wildman–Crippen MR) is 74.4 cm³/mol. The molecule has 0 aliphatic carbocycles. The van der Waals surface area contributed by atoms with Crippen molar-refractivity contribution in [2.45, 2.75) is 0 Å². The van der Waals surface area contributed by atoms with Crippen molar-refractivity contribution in [3.8, 4) is 11.5 Å². The average Bonchev–Trinajstić information content (AvgIpc) is 2.38. The van der Waals surface area contributed by atoms with Crippen molar-refractivity contribution in [1.29, 1.82) is 0 Å². The van der Waals surface area contributed by atoms with Crippen molar-refractivity contribution in [3.05, 3.63) is 58.1 Å². The first-order valence-corrected chi connectivity index (χ1v) is 6.16. The van der Waals surface area contributed by atoms with Gasteiger partial charge in [0.2, 0.25) is 0 Å². The molecule has 0 amide bonds. The van der Waals surface area contributed by atoms with E-state index in [1.54, 1.807) is 37.4 Å². The normalized spacial score (nSPS) is 10.1. The van der Waals surface area contributed by atoms with Crippen LogP contribution in [0.1, 0.15) is 10.4 Å². The first-order valence-electron chi connectivity index (χ1n) is 5.41. The van der Waals surface area contributed by atoms with Crippen LogP contribution in [0.3, 0.4) is 0 Å². The van der Waals surface area contributed by atoms with E-state index in [0.29, 0.717) is 27.1 Å². The molecule has 19 heavy (non-hydrogen) atoms. The average molecular weight is 297 g/mol. The smallest absolute Gasteiger partial charge is 0.343 e. The molecule has 0 fully saturated rings. The van der Waals surface area contributed by atoms with Gasteiger partial charge in [-0.05, 0) is 42.5 Å². The van der Waals surface area contributed by atoms with Gasteiger partial charge >= 0.3 is 5.97 Å². The van der Waals surface area contributed by atoms with E-state index >= 15 is 0 Å². The van der Waals surface area contributed by atoms with Crippen LogP contribution in [-0.4, -0.2) is 13.1 Å². The van der Waals surface area contributed by atoms with Crippen molar-refractivity contribution in [3.63, 3.8) is 0 Å². The van der Waals surface area contributed by atoms with Crippen LogP contribution in [0.25, 0.3) is 0 Å². The van der Waals surface area contributed by atoms with Gasteiger partial charge in [0.05, 0.1) is 12.7 Å². The van der Waals surface area contributed by atoms with Crippen LogP contribution >= 0.6 is 23.2 Å². The molecular weight excluding hydrogens is 287 g/mol. The molecule has 0 N–H and O–H groups in total. The second-order valence-electron chi connectivity index (χ2n) is 3.72. The minimum absolute atomic E-state index is 0.299. The molecular formula is C14H10Cl2O3. The highest BCUT2D eigenvalue weighted by Gasteiger charge is 2.10. The number of methoxy groups -OCH3 is 1. The number of hydrogen-bond acceptors (Lipinski definition) is 3. The Bertz CT molecular complexity index is 574. The van der Waals surface area contributed by atoms with Gasteiger partial charge in [-0.25, -0.2) is 4.79 Å². The van der Waals surface area contributed by atoms with E-state index in [1.165, 1.54) is 12.1 Å². The third-order valence-corrected chi connectivity index (χ3v) is 2.80. The number of benzene rings is 2. The van der Waals surface area contributed by atoms with Gasteiger partial charge in [-0.3, -0.25) is 0 Å². The van der Waals surface area contributed by atoms with E-state index in [1.807, 2.05) is 0 Å². The third-order valence-electron chi connectivity index (χ3n) is 2.37. The lowest BCUT2D eigenvalue weighted by molar-refractivity contribution is 0.0734. The van der Waals surface area contributed by atoms with E-state index in [2.05, 4.69) is 0 Å². The molecule has 0 heterocycles.